The molecule has 2 fully saturated rings. The number of piperidine rings is 1. The average Bonchev–Trinajstić information content (AvgIpc) is 2.88. The van der Waals surface area contributed by atoms with Crippen LogP contribution in [-0.2, 0) is 16.1 Å². The normalized spacial score (nSPS) is 26.2. The molecular formula is C11H9NO5. The highest BCUT2D eigenvalue weighted by Crippen LogP contribution is 2.47. The molecule has 0 bridgehead atoms. The van der Waals surface area contributed by atoms with Crippen molar-refractivity contribution in [2.75, 3.05) is 0 Å². The van der Waals surface area contributed by atoms with Gasteiger partial charge in [-0.25, -0.2) is 4.79 Å². The van der Waals surface area contributed by atoms with E-state index in [2.05, 4.69) is 0 Å². The maximum Gasteiger partial charge on any atom is 0.338 e. The minimum atomic E-state index is -1.10. The van der Waals surface area contributed by atoms with Crippen molar-refractivity contribution in [3.8, 4) is 0 Å². The minimum absolute atomic E-state index is 0.0178. The van der Waals surface area contributed by atoms with Crippen LogP contribution in [0.25, 0.3) is 0 Å². The number of nitrogens with zero attached hydrogens (tertiary/aromatic N) is 1. The Morgan fingerprint density at radius 2 is 2.06 bits per heavy atom. The van der Waals surface area contributed by atoms with Crippen LogP contribution in [-0.4, -0.2) is 27.8 Å². The van der Waals surface area contributed by atoms with E-state index < -0.39 is 5.97 Å². The van der Waals surface area contributed by atoms with Gasteiger partial charge in [0.05, 0.1) is 23.9 Å². The van der Waals surface area contributed by atoms with Crippen LogP contribution in [0.3, 0.4) is 0 Å². The van der Waals surface area contributed by atoms with Crippen LogP contribution in [0.1, 0.15) is 22.5 Å². The summed E-state index contributed by atoms with van der Waals surface area (Å²) in [5.74, 6) is -1.42. The van der Waals surface area contributed by atoms with Crippen LogP contribution in [0.2, 0.25) is 0 Å². The summed E-state index contributed by atoms with van der Waals surface area (Å²) in [6.07, 6.45) is 1.76. The number of carboxylic acids is 1. The lowest BCUT2D eigenvalue weighted by atomic mass is 10.3. The van der Waals surface area contributed by atoms with Gasteiger partial charge in [-0.05, 0) is 12.5 Å². The first-order valence-electron chi connectivity index (χ1n) is 5.24. The zero-order chi connectivity index (χ0) is 12.2. The zero-order valence-electron chi connectivity index (χ0n) is 8.75. The maximum atomic E-state index is 11.6. The van der Waals surface area contributed by atoms with Crippen molar-refractivity contribution in [3.05, 3.63) is 23.7 Å². The van der Waals surface area contributed by atoms with Gasteiger partial charge in [0, 0.05) is 0 Å². The molecule has 3 rings (SSSR count). The first-order valence-corrected chi connectivity index (χ1v) is 5.24. The summed E-state index contributed by atoms with van der Waals surface area (Å²) in [6, 6.07) is 1.33. The number of amides is 2. The molecule has 1 aromatic rings. The van der Waals surface area contributed by atoms with Gasteiger partial charge >= 0.3 is 5.97 Å². The summed E-state index contributed by atoms with van der Waals surface area (Å²) in [5.41, 5.74) is 0.0178. The van der Waals surface area contributed by atoms with Crippen molar-refractivity contribution in [1.82, 2.24) is 4.90 Å². The van der Waals surface area contributed by atoms with E-state index in [1.165, 1.54) is 6.07 Å². The van der Waals surface area contributed by atoms with Gasteiger partial charge < -0.3 is 9.52 Å². The zero-order valence-corrected chi connectivity index (χ0v) is 8.75. The fourth-order valence-electron chi connectivity index (χ4n) is 2.14. The molecule has 1 saturated carbocycles. The third kappa shape index (κ3) is 1.44. The number of carboxylic acid groups (broad SMARTS) is 1. The van der Waals surface area contributed by atoms with E-state index in [4.69, 9.17) is 9.52 Å². The third-order valence-electron chi connectivity index (χ3n) is 3.17. The second kappa shape index (κ2) is 3.19. The topological polar surface area (TPSA) is 87.8 Å². The van der Waals surface area contributed by atoms with E-state index in [1.807, 2.05) is 0 Å². The summed E-state index contributed by atoms with van der Waals surface area (Å²) in [7, 11) is 0. The van der Waals surface area contributed by atoms with E-state index in [0.717, 1.165) is 11.2 Å². The van der Waals surface area contributed by atoms with Gasteiger partial charge in [-0.15, -0.1) is 0 Å². The van der Waals surface area contributed by atoms with Gasteiger partial charge in [0.1, 0.15) is 12.0 Å². The lowest BCUT2D eigenvalue weighted by Gasteiger charge is -2.14. The summed E-state index contributed by atoms with van der Waals surface area (Å²) >= 11 is 0. The number of hydrogen-bond donors (Lipinski definition) is 1. The van der Waals surface area contributed by atoms with Gasteiger partial charge in [0.2, 0.25) is 11.8 Å². The number of imide groups is 1. The van der Waals surface area contributed by atoms with Crippen molar-refractivity contribution in [3.63, 3.8) is 0 Å². The number of hydrogen-bond acceptors (Lipinski definition) is 4. The summed E-state index contributed by atoms with van der Waals surface area (Å²) in [6.45, 7) is 0.0257. The largest absolute Gasteiger partial charge is 0.478 e. The van der Waals surface area contributed by atoms with Crippen LogP contribution >= 0.6 is 0 Å². The molecule has 2 aliphatic rings. The Labute approximate surface area is 95.8 Å². The molecule has 1 N–H and O–H groups in total. The lowest BCUT2D eigenvalue weighted by molar-refractivity contribution is -0.142. The van der Waals surface area contributed by atoms with Gasteiger partial charge in [-0.2, -0.15) is 0 Å². The third-order valence-corrected chi connectivity index (χ3v) is 3.17. The molecule has 6 nitrogen and oxygen atoms in total. The molecule has 2 amide bonds. The molecule has 2 heterocycles. The highest BCUT2D eigenvalue weighted by molar-refractivity contribution is 6.08. The van der Waals surface area contributed by atoms with Crippen molar-refractivity contribution >= 4 is 17.8 Å². The Morgan fingerprint density at radius 3 is 2.59 bits per heavy atom. The smallest absolute Gasteiger partial charge is 0.338 e. The Bertz CT molecular complexity index is 512. The molecule has 1 aromatic heterocycles. The van der Waals surface area contributed by atoms with Gasteiger partial charge in [0.15, 0.2) is 0 Å². The van der Waals surface area contributed by atoms with Crippen molar-refractivity contribution in [1.29, 1.82) is 0 Å². The molecule has 2 unspecified atom stereocenters. The van der Waals surface area contributed by atoms with E-state index in [9.17, 15) is 14.4 Å². The predicted molar refractivity (Wildman–Crippen MR) is 52.8 cm³/mol. The van der Waals surface area contributed by atoms with Crippen molar-refractivity contribution in [2.24, 2.45) is 11.8 Å². The second-order valence-corrected chi connectivity index (χ2v) is 4.32. The van der Waals surface area contributed by atoms with Gasteiger partial charge in [-0.1, -0.05) is 0 Å². The molecule has 1 aliphatic heterocycles. The summed E-state index contributed by atoms with van der Waals surface area (Å²) in [5, 5.41) is 8.70. The number of carbonyl (C=O) groups excluding carboxylic acids is 2. The molecule has 1 aliphatic carbocycles. The van der Waals surface area contributed by atoms with E-state index in [-0.39, 0.29) is 35.8 Å². The standard InChI is InChI=1S/C11H9NO5/c13-9-7-2-8(7)10(14)12(9)3-6-1-5(4-17-6)11(15)16/h1,4,7-8H,2-3H2,(H,15,16). The highest BCUT2D eigenvalue weighted by atomic mass is 16.4. The van der Waals surface area contributed by atoms with Crippen LogP contribution < -0.4 is 0 Å². The van der Waals surface area contributed by atoms with Gasteiger partial charge in [0.25, 0.3) is 0 Å². The van der Waals surface area contributed by atoms with E-state index in [1.54, 1.807) is 0 Å². The lowest BCUT2D eigenvalue weighted by Crippen LogP contribution is -2.32. The Morgan fingerprint density at radius 1 is 1.41 bits per heavy atom. The van der Waals surface area contributed by atoms with E-state index >= 15 is 0 Å². The fraction of sp³-hybridized carbons (Fsp3) is 0.364. The molecule has 0 aromatic carbocycles. The predicted octanol–water partition coefficient (Wildman–Crippen LogP) is 0.483. The average molecular weight is 235 g/mol. The molecule has 0 radical (unpaired) electrons. The first kappa shape index (κ1) is 10.1. The number of rotatable bonds is 3. The fourth-order valence-corrected chi connectivity index (χ4v) is 2.14. The molecular weight excluding hydrogens is 226 g/mol. The molecule has 2 atom stereocenters. The maximum absolute atomic E-state index is 11.6. The summed E-state index contributed by atoms with van der Waals surface area (Å²) in [4.78, 5) is 35.1. The molecule has 1 saturated heterocycles. The SMILES string of the molecule is O=C(O)c1coc(CN2C(=O)C3CC3C2=O)c1. The second-order valence-electron chi connectivity index (χ2n) is 4.32. The number of fused-ring (bicyclic) bond motifs is 1. The number of carbonyl (C=O) groups is 3. The highest BCUT2D eigenvalue weighted by Gasteiger charge is 2.58. The van der Waals surface area contributed by atoms with Crippen LogP contribution in [0.15, 0.2) is 16.7 Å². The summed E-state index contributed by atoms with van der Waals surface area (Å²) < 4.78 is 5.01. The van der Waals surface area contributed by atoms with Gasteiger partial charge in [-0.3, -0.25) is 14.5 Å². The van der Waals surface area contributed by atoms with E-state index in [0.29, 0.717) is 12.2 Å². The Hall–Kier alpha value is -2.11. The number of likely N-dealkylation sites (tertiary alicyclic amines) is 1. The first-order chi connectivity index (χ1) is 8.08. The number of furan rings is 1. The van der Waals surface area contributed by atoms with Crippen molar-refractivity contribution in [2.45, 2.75) is 13.0 Å². The number of aromatic carboxylic acids is 1. The van der Waals surface area contributed by atoms with Crippen LogP contribution in [0.4, 0.5) is 0 Å². The minimum Gasteiger partial charge on any atom is -0.478 e. The molecule has 0 spiro atoms. The quantitative estimate of drug-likeness (QED) is 0.770. The van der Waals surface area contributed by atoms with Crippen LogP contribution in [0, 0.1) is 11.8 Å². The monoisotopic (exact) mass is 235 g/mol. The molecule has 88 valence electrons. The molecule has 6 heteroatoms. The Kier molecular flexibility index (Phi) is 1.89. The molecule has 17 heavy (non-hydrogen) atoms. The van der Waals surface area contributed by atoms with Crippen molar-refractivity contribution < 1.29 is 23.9 Å². The Balaban J connectivity index is 1.76. The van der Waals surface area contributed by atoms with Crippen LogP contribution in [0.5, 0.6) is 0 Å².